The third kappa shape index (κ3) is 6.34. The van der Waals surface area contributed by atoms with E-state index in [2.05, 4.69) is 15.0 Å². The number of carbonyl (C=O) groups excluding carboxylic acids is 3. The molecule has 4 atom stereocenters. The van der Waals surface area contributed by atoms with Crippen molar-refractivity contribution < 1.29 is 41.7 Å². The molecule has 0 saturated carbocycles. The summed E-state index contributed by atoms with van der Waals surface area (Å²) < 4.78 is 50.0. The van der Waals surface area contributed by atoms with Crippen LogP contribution in [0.5, 0.6) is 0 Å². The number of carbonyl (C=O) groups is 3. The van der Waals surface area contributed by atoms with Crippen LogP contribution in [0.2, 0.25) is 0 Å². The van der Waals surface area contributed by atoms with Crippen LogP contribution in [0.4, 0.5) is 0 Å². The van der Waals surface area contributed by atoms with E-state index >= 15 is 0 Å². The minimum absolute atomic E-state index is 0.0430. The molecule has 3 heterocycles. The second-order valence-electron chi connectivity index (χ2n) is 10.3. The SMILES string of the molecule is CS(=O)(=O)c1ncnc2c1ncn2C1OC(COC(=O)c2ccccc2)[C@@H](OC(=O)c2ccccc2)[C@H]1OC(=O)c1ccccc1. The molecule has 1 aliphatic rings. The number of ether oxygens (including phenoxy) is 4. The van der Waals surface area contributed by atoms with E-state index in [1.54, 1.807) is 91.0 Å². The largest absolute Gasteiger partial charge is 0.459 e. The molecular weight excluding hydrogens is 616 g/mol. The van der Waals surface area contributed by atoms with Crippen molar-refractivity contribution in [3.63, 3.8) is 0 Å². The number of esters is 3. The van der Waals surface area contributed by atoms with E-state index in [0.29, 0.717) is 0 Å². The highest BCUT2D eigenvalue weighted by molar-refractivity contribution is 7.90. The zero-order valence-electron chi connectivity index (χ0n) is 24.2. The lowest BCUT2D eigenvalue weighted by atomic mass is 10.1. The number of nitrogens with zero attached hydrogens (tertiary/aromatic N) is 4. The van der Waals surface area contributed by atoms with Crippen LogP contribution in [0, 0.1) is 0 Å². The van der Waals surface area contributed by atoms with Gasteiger partial charge in [-0.3, -0.25) is 4.57 Å². The van der Waals surface area contributed by atoms with Gasteiger partial charge in [-0.2, -0.15) is 0 Å². The lowest BCUT2D eigenvalue weighted by Gasteiger charge is -2.25. The van der Waals surface area contributed by atoms with Gasteiger partial charge in [-0.25, -0.2) is 37.8 Å². The number of aromatic nitrogens is 4. The molecule has 3 aromatic carbocycles. The standard InChI is InChI=1S/C32H26N4O9S/c1-46(40,41)28-24-27(33-18-34-28)36(19-35-24)29-26(45-32(39)22-15-9-4-10-16-22)25(44-31(38)21-13-7-3-8-14-21)23(43-29)17-42-30(37)20-11-5-2-6-12-20/h2-16,18-19,23,25-26,29H,17H2,1H3/t23?,25-,26-,29?/m1/s1. The fourth-order valence-corrected chi connectivity index (χ4v) is 5.70. The minimum atomic E-state index is -3.80. The predicted octanol–water partition coefficient (Wildman–Crippen LogP) is 3.44. The van der Waals surface area contributed by atoms with Gasteiger partial charge in [0.05, 0.1) is 23.0 Å². The number of hydrogen-bond donors (Lipinski definition) is 0. The van der Waals surface area contributed by atoms with E-state index in [9.17, 15) is 22.8 Å². The van der Waals surface area contributed by atoms with Gasteiger partial charge in [-0.1, -0.05) is 54.6 Å². The van der Waals surface area contributed by atoms with Crippen LogP contribution in [-0.4, -0.2) is 77.0 Å². The lowest BCUT2D eigenvalue weighted by molar-refractivity contribution is -0.0606. The highest BCUT2D eigenvalue weighted by Crippen LogP contribution is 2.37. The summed E-state index contributed by atoms with van der Waals surface area (Å²) in [6.07, 6.45) is -1.74. The first kappa shape index (κ1) is 30.6. The zero-order valence-corrected chi connectivity index (χ0v) is 25.0. The monoisotopic (exact) mass is 642 g/mol. The molecule has 0 bridgehead atoms. The van der Waals surface area contributed by atoms with Gasteiger partial charge in [0.1, 0.15) is 24.6 Å². The molecule has 1 fully saturated rings. The molecule has 46 heavy (non-hydrogen) atoms. The Hall–Kier alpha value is -5.47. The van der Waals surface area contributed by atoms with E-state index < -0.39 is 58.9 Å². The van der Waals surface area contributed by atoms with Crippen molar-refractivity contribution in [2.45, 2.75) is 29.6 Å². The van der Waals surface area contributed by atoms with Gasteiger partial charge in [0.15, 0.2) is 38.9 Å². The third-order valence-corrected chi connectivity index (χ3v) is 8.13. The Balaban J connectivity index is 1.40. The van der Waals surface area contributed by atoms with Crippen LogP contribution >= 0.6 is 0 Å². The second kappa shape index (κ2) is 12.9. The molecule has 1 aliphatic heterocycles. The molecule has 2 aromatic heterocycles. The number of imidazole rings is 1. The Kier molecular flexibility index (Phi) is 8.55. The average Bonchev–Trinajstić information content (AvgIpc) is 3.65. The summed E-state index contributed by atoms with van der Waals surface area (Å²) in [6.45, 7) is -0.396. The molecular formula is C32H26N4O9S. The van der Waals surface area contributed by atoms with Crippen LogP contribution < -0.4 is 0 Å². The normalized spacial score (nSPS) is 19.4. The number of rotatable bonds is 9. The summed E-state index contributed by atoms with van der Waals surface area (Å²) in [7, 11) is -3.80. The quantitative estimate of drug-likeness (QED) is 0.131. The first-order chi connectivity index (χ1) is 22.2. The number of benzene rings is 3. The molecule has 6 rings (SSSR count). The summed E-state index contributed by atoms with van der Waals surface area (Å²) in [5.74, 6) is -2.15. The maximum atomic E-state index is 13.4. The van der Waals surface area contributed by atoms with Crippen molar-refractivity contribution in [2.24, 2.45) is 0 Å². The van der Waals surface area contributed by atoms with Gasteiger partial charge in [-0.15, -0.1) is 0 Å². The van der Waals surface area contributed by atoms with Crippen LogP contribution in [0.1, 0.15) is 37.3 Å². The van der Waals surface area contributed by atoms with Gasteiger partial charge in [0, 0.05) is 6.26 Å². The van der Waals surface area contributed by atoms with E-state index in [0.717, 1.165) is 12.6 Å². The summed E-state index contributed by atoms with van der Waals surface area (Å²) in [6, 6.07) is 24.6. The van der Waals surface area contributed by atoms with Gasteiger partial charge < -0.3 is 18.9 Å². The number of fused-ring (bicyclic) bond motifs is 1. The smallest absolute Gasteiger partial charge is 0.338 e. The Morgan fingerprint density at radius 3 is 1.80 bits per heavy atom. The number of sulfone groups is 1. The average molecular weight is 643 g/mol. The Morgan fingerprint density at radius 1 is 0.739 bits per heavy atom. The van der Waals surface area contributed by atoms with Crippen molar-refractivity contribution >= 4 is 38.9 Å². The van der Waals surface area contributed by atoms with Gasteiger partial charge in [-0.05, 0) is 36.4 Å². The van der Waals surface area contributed by atoms with Gasteiger partial charge >= 0.3 is 17.9 Å². The van der Waals surface area contributed by atoms with Crippen LogP contribution in [-0.2, 0) is 28.8 Å². The Labute approximate surface area is 262 Å². The van der Waals surface area contributed by atoms with Crippen molar-refractivity contribution in [3.8, 4) is 0 Å². The molecule has 0 aliphatic carbocycles. The van der Waals surface area contributed by atoms with E-state index in [1.807, 2.05) is 0 Å². The first-order valence-electron chi connectivity index (χ1n) is 14.0. The molecule has 14 heteroatoms. The topological polar surface area (TPSA) is 166 Å². The van der Waals surface area contributed by atoms with Crippen molar-refractivity contribution in [3.05, 3.63) is 120 Å². The molecule has 5 aromatic rings. The van der Waals surface area contributed by atoms with Crippen LogP contribution in [0.3, 0.4) is 0 Å². The first-order valence-corrected chi connectivity index (χ1v) is 15.9. The van der Waals surface area contributed by atoms with Crippen molar-refractivity contribution in [1.29, 1.82) is 0 Å². The molecule has 2 unspecified atom stereocenters. The Bertz CT molecular complexity index is 1990. The summed E-state index contributed by atoms with van der Waals surface area (Å²) in [4.78, 5) is 51.9. The minimum Gasteiger partial charge on any atom is -0.459 e. The summed E-state index contributed by atoms with van der Waals surface area (Å²) in [5.41, 5.74) is 0.727. The van der Waals surface area contributed by atoms with Crippen molar-refractivity contribution in [2.75, 3.05) is 12.9 Å². The zero-order chi connectivity index (χ0) is 32.3. The van der Waals surface area contributed by atoms with Crippen LogP contribution in [0.15, 0.2) is 109 Å². The summed E-state index contributed by atoms with van der Waals surface area (Å²) >= 11 is 0. The van der Waals surface area contributed by atoms with Crippen LogP contribution in [0.25, 0.3) is 11.2 Å². The van der Waals surface area contributed by atoms with Gasteiger partial charge in [0.25, 0.3) is 0 Å². The molecule has 0 radical (unpaired) electrons. The Morgan fingerprint density at radius 2 is 1.26 bits per heavy atom. The molecule has 0 spiro atoms. The van der Waals surface area contributed by atoms with Gasteiger partial charge in [0.2, 0.25) is 0 Å². The molecule has 0 N–H and O–H groups in total. The predicted molar refractivity (Wildman–Crippen MR) is 160 cm³/mol. The maximum absolute atomic E-state index is 13.4. The molecule has 234 valence electrons. The molecule has 13 nitrogen and oxygen atoms in total. The van der Waals surface area contributed by atoms with E-state index in [1.165, 1.54) is 10.9 Å². The summed E-state index contributed by atoms with van der Waals surface area (Å²) in [5, 5.41) is -0.313. The number of hydrogen-bond acceptors (Lipinski definition) is 12. The van der Waals surface area contributed by atoms with Crippen molar-refractivity contribution in [1.82, 2.24) is 19.5 Å². The van der Waals surface area contributed by atoms with E-state index in [4.69, 9.17) is 18.9 Å². The van der Waals surface area contributed by atoms with E-state index in [-0.39, 0.29) is 32.9 Å². The molecule has 0 amide bonds. The maximum Gasteiger partial charge on any atom is 0.338 e. The third-order valence-electron chi connectivity index (χ3n) is 7.13. The lowest BCUT2D eigenvalue weighted by Crippen LogP contribution is -2.41. The highest BCUT2D eigenvalue weighted by atomic mass is 32.2. The highest BCUT2D eigenvalue weighted by Gasteiger charge is 2.52. The molecule has 1 saturated heterocycles. The second-order valence-corrected chi connectivity index (χ2v) is 12.2. The fraction of sp³-hybridized carbons (Fsp3) is 0.188. The fourth-order valence-electron chi connectivity index (χ4n) is 4.97.